The van der Waals surface area contributed by atoms with Crippen LogP contribution in [-0.2, 0) is 14.9 Å². The van der Waals surface area contributed by atoms with Crippen molar-refractivity contribution in [3.63, 3.8) is 0 Å². The van der Waals surface area contributed by atoms with Gasteiger partial charge in [-0.2, -0.15) is 0 Å². The summed E-state index contributed by atoms with van der Waals surface area (Å²) in [4.78, 5) is 12.9. The average molecular weight is 303 g/mol. The largest absolute Gasteiger partial charge is 0.497 e. The normalized spacial score (nSPS) is 23.4. The summed E-state index contributed by atoms with van der Waals surface area (Å²) in [6.45, 7) is 1.46. The highest BCUT2D eigenvalue weighted by molar-refractivity contribution is 5.88. The fourth-order valence-electron chi connectivity index (χ4n) is 3.72. The minimum absolute atomic E-state index is 0.158. The van der Waals surface area contributed by atoms with Crippen molar-refractivity contribution in [3.8, 4) is 5.75 Å². The van der Waals surface area contributed by atoms with E-state index >= 15 is 0 Å². The predicted molar refractivity (Wildman–Crippen MR) is 85.1 cm³/mol. The lowest BCUT2D eigenvalue weighted by molar-refractivity contribution is -0.127. The van der Waals surface area contributed by atoms with Crippen molar-refractivity contribution in [2.45, 2.75) is 50.0 Å². The molecular formula is C18H25NO3. The van der Waals surface area contributed by atoms with Gasteiger partial charge in [0, 0.05) is 13.2 Å². The number of nitrogens with one attached hydrogen (secondary N) is 1. The second kappa shape index (κ2) is 6.69. The standard InChI is InChI=1S/C18H25NO3/c1-21-15-8-6-14(7-9-15)18(10-2-3-11-18)17(20)19-13-16-5-4-12-22-16/h6-9,16H,2-5,10-13H2,1H3,(H,19,20)/t16-/m1/s1. The highest BCUT2D eigenvalue weighted by Gasteiger charge is 2.42. The summed E-state index contributed by atoms with van der Waals surface area (Å²) in [5.41, 5.74) is 0.737. The van der Waals surface area contributed by atoms with Gasteiger partial charge in [0.15, 0.2) is 0 Å². The number of rotatable bonds is 5. The molecule has 1 aromatic carbocycles. The molecule has 22 heavy (non-hydrogen) atoms. The van der Waals surface area contributed by atoms with Crippen molar-refractivity contribution in [3.05, 3.63) is 29.8 Å². The summed E-state index contributed by atoms with van der Waals surface area (Å²) in [6, 6.07) is 7.97. The van der Waals surface area contributed by atoms with E-state index in [0.717, 1.165) is 56.4 Å². The van der Waals surface area contributed by atoms with Gasteiger partial charge in [-0.15, -0.1) is 0 Å². The van der Waals surface area contributed by atoms with E-state index in [1.54, 1.807) is 7.11 Å². The fourth-order valence-corrected chi connectivity index (χ4v) is 3.72. The molecule has 4 heteroatoms. The summed E-state index contributed by atoms with van der Waals surface area (Å²) in [5.74, 6) is 0.988. The fraction of sp³-hybridized carbons (Fsp3) is 0.611. The molecule has 1 heterocycles. The third-order valence-corrected chi connectivity index (χ3v) is 5.05. The first-order valence-corrected chi connectivity index (χ1v) is 8.29. The Balaban J connectivity index is 1.73. The Morgan fingerprint density at radius 1 is 1.27 bits per heavy atom. The summed E-state index contributed by atoms with van der Waals surface area (Å²) < 4.78 is 10.8. The van der Waals surface area contributed by atoms with Crippen molar-refractivity contribution in [1.82, 2.24) is 5.32 Å². The zero-order valence-electron chi connectivity index (χ0n) is 13.3. The highest BCUT2D eigenvalue weighted by Crippen LogP contribution is 2.41. The lowest BCUT2D eigenvalue weighted by Crippen LogP contribution is -2.45. The van der Waals surface area contributed by atoms with Crippen LogP contribution in [0.1, 0.15) is 44.1 Å². The Hall–Kier alpha value is -1.55. The molecule has 1 amide bonds. The first-order valence-electron chi connectivity index (χ1n) is 8.29. The molecule has 1 N–H and O–H groups in total. The smallest absolute Gasteiger partial charge is 0.230 e. The Morgan fingerprint density at radius 3 is 2.59 bits per heavy atom. The van der Waals surface area contributed by atoms with Crippen LogP contribution in [0, 0.1) is 0 Å². The predicted octanol–water partition coefficient (Wildman–Crippen LogP) is 2.80. The lowest BCUT2D eigenvalue weighted by Gasteiger charge is -2.29. The number of carbonyl (C=O) groups is 1. The van der Waals surface area contributed by atoms with Crippen LogP contribution in [0.5, 0.6) is 5.75 Å². The van der Waals surface area contributed by atoms with E-state index in [1.165, 1.54) is 0 Å². The summed E-state index contributed by atoms with van der Waals surface area (Å²) >= 11 is 0. The van der Waals surface area contributed by atoms with Crippen molar-refractivity contribution in [1.29, 1.82) is 0 Å². The van der Waals surface area contributed by atoms with Crippen LogP contribution in [0.25, 0.3) is 0 Å². The first-order chi connectivity index (χ1) is 10.7. The first kappa shape index (κ1) is 15.3. The van der Waals surface area contributed by atoms with E-state index in [-0.39, 0.29) is 17.4 Å². The molecule has 0 bridgehead atoms. The number of methoxy groups -OCH3 is 1. The maximum Gasteiger partial charge on any atom is 0.230 e. The topological polar surface area (TPSA) is 47.6 Å². The molecule has 1 aliphatic heterocycles. The number of hydrogen-bond donors (Lipinski definition) is 1. The number of carbonyl (C=O) groups excluding carboxylic acids is 1. The molecule has 1 saturated heterocycles. The molecule has 3 rings (SSSR count). The molecular weight excluding hydrogens is 278 g/mol. The van der Waals surface area contributed by atoms with Gasteiger partial charge in [0.25, 0.3) is 0 Å². The molecule has 1 atom stereocenters. The van der Waals surface area contributed by atoms with Crippen LogP contribution in [0.4, 0.5) is 0 Å². The lowest BCUT2D eigenvalue weighted by atomic mass is 9.78. The summed E-state index contributed by atoms with van der Waals surface area (Å²) in [7, 11) is 1.66. The second-order valence-corrected chi connectivity index (χ2v) is 6.36. The van der Waals surface area contributed by atoms with Gasteiger partial charge in [0.2, 0.25) is 5.91 Å². The molecule has 2 aliphatic rings. The van der Waals surface area contributed by atoms with Gasteiger partial charge in [0.05, 0.1) is 18.6 Å². The van der Waals surface area contributed by atoms with Crippen LogP contribution < -0.4 is 10.1 Å². The quantitative estimate of drug-likeness (QED) is 0.910. The van der Waals surface area contributed by atoms with Crippen molar-refractivity contribution < 1.29 is 14.3 Å². The van der Waals surface area contributed by atoms with E-state index < -0.39 is 0 Å². The Labute approximate surface area is 132 Å². The van der Waals surface area contributed by atoms with Crippen LogP contribution in [0.2, 0.25) is 0 Å². The zero-order chi connectivity index (χ0) is 15.4. The van der Waals surface area contributed by atoms with Crippen LogP contribution in [-0.4, -0.2) is 32.3 Å². The average Bonchev–Trinajstić information content (AvgIpc) is 3.25. The van der Waals surface area contributed by atoms with Gasteiger partial charge >= 0.3 is 0 Å². The Bertz CT molecular complexity index is 500. The van der Waals surface area contributed by atoms with Gasteiger partial charge in [-0.3, -0.25) is 4.79 Å². The number of ether oxygens (including phenoxy) is 2. The number of hydrogen-bond acceptors (Lipinski definition) is 3. The van der Waals surface area contributed by atoms with Gasteiger partial charge in [-0.1, -0.05) is 25.0 Å². The third-order valence-electron chi connectivity index (χ3n) is 5.05. The van der Waals surface area contributed by atoms with E-state index in [0.29, 0.717) is 6.54 Å². The van der Waals surface area contributed by atoms with E-state index in [2.05, 4.69) is 5.32 Å². The van der Waals surface area contributed by atoms with Gasteiger partial charge in [-0.25, -0.2) is 0 Å². The molecule has 1 saturated carbocycles. The number of benzene rings is 1. The Kier molecular flexibility index (Phi) is 4.67. The van der Waals surface area contributed by atoms with E-state index in [1.807, 2.05) is 24.3 Å². The van der Waals surface area contributed by atoms with Gasteiger partial charge < -0.3 is 14.8 Å². The molecule has 120 valence electrons. The van der Waals surface area contributed by atoms with Gasteiger partial charge in [0.1, 0.15) is 5.75 Å². The SMILES string of the molecule is COc1ccc(C2(C(=O)NC[C@H]3CCCO3)CCCC2)cc1. The van der Waals surface area contributed by atoms with Gasteiger partial charge in [-0.05, 0) is 43.4 Å². The minimum Gasteiger partial charge on any atom is -0.497 e. The molecule has 1 aromatic rings. The molecule has 0 unspecified atom stereocenters. The Morgan fingerprint density at radius 2 is 2.00 bits per heavy atom. The van der Waals surface area contributed by atoms with E-state index in [9.17, 15) is 4.79 Å². The second-order valence-electron chi connectivity index (χ2n) is 6.36. The maximum absolute atomic E-state index is 12.9. The van der Waals surface area contributed by atoms with Crippen molar-refractivity contribution >= 4 is 5.91 Å². The van der Waals surface area contributed by atoms with Crippen molar-refractivity contribution in [2.75, 3.05) is 20.3 Å². The van der Waals surface area contributed by atoms with Crippen LogP contribution >= 0.6 is 0 Å². The van der Waals surface area contributed by atoms with Crippen LogP contribution in [0.3, 0.4) is 0 Å². The van der Waals surface area contributed by atoms with Crippen molar-refractivity contribution in [2.24, 2.45) is 0 Å². The maximum atomic E-state index is 12.9. The molecule has 1 aliphatic carbocycles. The highest BCUT2D eigenvalue weighted by atomic mass is 16.5. The monoisotopic (exact) mass is 303 g/mol. The zero-order valence-corrected chi connectivity index (χ0v) is 13.3. The molecule has 0 spiro atoms. The third kappa shape index (κ3) is 2.98. The summed E-state index contributed by atoms with van der Waals surface area (Å²) in [5, 5.41) is 3.14. The molecule has 2 fully saturated rings. The molecule has 0 radical (unpaired) electrons. The molecule has 4 nitrogen and oxygen atoms in total. The number of amides is 1. The van der Waals surface area contributed by atoms with Crippen LogP contribution in [0.15, 0.2) is 24.3 Å². The minimum atomic E-state index is -0.370. The molecule has 0 aromatic heterocycles. The summed E-state index contributed by atoms with van der Waals surface area (Å²) in [6.07, 6.45) is 6.42. The van der Waals surface area contributed by atoms with E-state index in [4.69, 9.17) is 9.47 Å².